The summed E-state index contributed by atoms with van der Waals surface area (Å²) in [6.07, 6.45) is 3.08. The molecule has 0 aliphatic carbocycles. The lowest BCUT2D eigenvalue weighted by Gasteiger charge is -2.38. The number of carbonyl (C=O) groups is 1. The number of H-pyrrole nitrogens is 1. The Hall–Kier alpha value is -2.63. The zero-order valence-corrected chi connectivity index (χ0v) is 10.7. The van der Waals surface area contributed by atoms with Crippen molar-refractivity contribution in [2.75, 3.05) is 13.1 Å². The molecule has 3 heterocycles. The molecule has 0 unspecified atom stereocenters. The lowest BCUT2D eigenvalue weighted by atomic mass is 10.1. The summed E-state index contributed by atoms with van der Waals surface area (Å²) in [5, 5.41) is 0. The van der Waals surface area contributed by atoms with Crippen LogP contribution in [0.25, 0.3) is 0 Å². The molecule has 1 aliphatic heterocycles. The highest BCUT2D eigenvalue weighted by Crippen LogP contribution is 2.17. The van der Waals surface area contributed by atoms with Crippen molar-refractivity contribution in [2.45, 2.75) is 6.10 Å². The molecule has 102 valence electrons. The predicted molar refractivity (Wildman–Crippen MR) is 71.6 cm³/mol. The third-order valence-corrected chi connectivity index (χ3v) is 3.11. The Bertz CT molecular complexity index is 663. The largest absolute Gasteiger partial charge is 0.471 e. The lowest BCUT2D eigenvalue weighted by Crippen LogP contribution is -2.56. The second kappa shape index (κ2) is 5.16. The fraction of sp³-hybridized carbons (Fsp3) is 0.214. The summed E-state index contributed by atoms with van der Waals surface area (Å²) in [6.45, 7) is 0.924. The topological polar surface area (TPSA) is 75.3 Å². The van der Waals surface area contributed by atoms with Crippen molar-refractivity contribution in [2.24, 2.45) is 0 Å². The molecule has 20 heavy (non-hydrogen) atoms. The number of likely N-dealkylation sites (tertiary alicyclic amines) is 1. The molecule has 1 aliphatic rings. The number of nitrogens with one attached hydrogen (secondary N) is 1. The van der Waals surface area contributed by atoms with Crippen molar-refractivity contribution in [3.63, 3.8) is 0 Å². The smallest absolute Gasteiger partial charge is 0.260 e. The maximum absolute atomic E-state index is 12.1. The molecule has 0 spiro atoms. The quantitative estimate of drug-likeness (QED) is 0.890. The average molecular weight is 271 g/mol. The standard InChI is InChI=1S/C14H13N3O3/c18-13-11(4-3-7-16-13)14(19)17-8-10(9-17)20-12-5-1-2-6-15-12/h1-7,10H,8-9H2,(H,16,18). The van der Waals surface area contributed by atoms with Gasteiger partial charge in [-0.1, -0.05) is 6.07 Å². The first-order valence-corrected chi connectivity index (χ1v) is 6.29. The van der Waals surface area contributed by atoms with Gasteiger partial charge < -0.3 is 14.6 Å². The van der Waals surface area contributed by atoms with Crippen molar-refractivity contribution in [1.29, 1.82) is 0 Å². The van der Waals surface area contributed by atoms with Gasteiger partial charge in [-0.15, -0.1) is 0 Å². The molecule has 1 saturated heterocycles. The first-order chi connectivity index (χ1) is 9.74. The highest BCUT2D eigenvalue weighted by molar-refractivity contribution is 5.94. The van der Waals surface area contributed by atoms with Crippen LogP contribution >= 0.6 is 0 Å². The fourth-order valence-corrected chi connectivity index (χ4v) is 2.03. The van der Waals surface area contributed by atoms with E-state index in [-0.39, 0.29) is 23.1 Å². The minimum atomic E-state index is -0.369. The summed E-state index contributed by atoms with van der Waals surface area (Å²) < 4.78 is 5.61. The van der Waals surface area contributed by atoms with Gasteiger partial charge in [0.15, 0.2) is 0 Å². The minimum absolute atomic E-state index is 0.0726. The monoisotopic (exact) mass is 271 g/mol. The molecule has 0 aromatic carbocycles. The van der Waals surface area contributed by atoms with Gasteiger partial charge in [-0.3, -0.25) is 9.59 Å². The Kier molecular flexibility index (Phi) is 3.20. The Morgan fingerprint density at radius 1 is 1.30 bits per heavy atom. The summed E-state index contributed by atoms with van der Waals surface area (Å²) in [4.78, 5) is 31.7. The summed E-state index contributed by atoms with van der Waals surface area (Å²) in [7, 11) is 0. The molecule has 2 aromatic rings. The van der Waals surface area contributed by atoms with E-state index in [2.05, 4.69) is 9.97 Å². The molecule has 0 radical (unpaired) electrons. The first-order valence-electron chi connectivity index (χ1n) is 6.29. The third kappa shape index (κ3) is 2.40. The minimum Gasteiger partial charge on any atom is -0.471 e. The molecule has 1 fully saturated rings. The molecule has 0 saturated carbocycles. The Morgan fingerprint density at radius 3 is 2.85 bits per heavy atom. The van der Waals surface area contributed by atoms with Crippen LogP contribution in [0.5, 0.6) is 5.88 Å². The van der Waals surface area contributed by atoms with Crippen LogP contribution in [0.1, 0.15) is 10.4 Å². The number of nitrogens with zero attached hydrogens (tertiary/aromatic N) is 2. The van der Waals surface area contributed by atoms with Crippen molar-refractivity contribution < 1.29 is 9.53 Å². The Morgan fingerprint density at radius 2 is 2.15 bits per heavy atom. The van der Waals surface area contributed by atoms with Gasteiger partial charge in [-0.25, -0.2) is 4.98 Å². The molecule has 1 amide bonds. The van der Waals surface area contributed by atoms with Crippen molar-refractivity contribution in [1.82, 2.24) is 14.9 Å². The third-order valence-electron chi connectivity index (χ3n) is 3.11. The molecular weight excluding hydrogens is 258 g/mol. The summed E-state index contributed by atoms with van der Waals surface area (Å²) in [6, 6.07) is 8.58. The van der Waals surface area contributed by atoms with E-state index < -0.39 is 0 Å². The highest BCUT2D eigenvalue weighted by atomic mass is 16.5. The maximum atomic E-state index is 12.1. The molecular formula is C14H13N3O3. The van der Waals surface area contributed by atoms with Crippen LogP contribution in [0.2, 0.25) is 0 Å². The summed E-state index contributed by atoms with van der Waals surface area (Å²) >= 11 is 0. The van der Waals surface area contributed by atoms with Crippen LogP contribution < -0.4 is 10.3 Å². The van der Waals surface area contributed by atoms with E-state index in [1.807, 2.05) is 12.1 Å². The van der Waals surface area contributed by atoms with Crippen molar-refractivity contribution in [3.05, 3.63) is 58.6 Å². The van der Waals surface area contributed by atoms with Gasteiger partial charge in [-0.2, -0.15) is 0 Å². The zero-order chi connectivity index (χ0) is 13.9. The van der Waals surface area contributed by atoms with Crippen LogP contribution in [0, 0.1) is 0 Å². The number of aromatic nitrogens is 2. The van der Waals surface area contributed by atoms with E-state index >= 15 is 0 Å². The van der Waals surface area contributed by atoms with E-state index in [4.69, 9.17) is 4.74 Å². The van der Waals surface area contributed by atoms with Gasteiger partial charge in [-0.05, 0) is 18.2 Å². The van der Waals surface area contributed by atoms with Gasteiger partial charge in [0.25, 0.3) is 11.5 Å². The van der Waals surface area contributed by atoms with Gasteiger partial charge >= 0.3 is 0 Å². The number of hydrogen-bond donors (Lipinski definition) is 1. The van der Waals surface area contributed by atoms with E-state index in [1.54, 1.807) is 23.2 Å². The molecule has 0 atom stereocenters. The summed E-state index contributed by atoms with van der Waals surface area (Å²) in [5.41, 5.74) is -0.213. The van der Waals surface area contributed by atoms with Crippen LogP contribution in [0.15, 0.2) is 47.5 Å². The number of ether oxygens (including phenoxy) is 1. The molecule has 6 heteroatoms. The number of rotatable bonds is 3. The lowest BCUT2D eigenvalue weighted by molar-refractivity contribution is 0.0159. The molecule has 6 nitrogen and oxygen atoms in total. The van der Waals surface area contributed by atoms with Gasteiger partial charge in [0, 0.05) is 18.5 Å². The fourth-order valence-electron chi connectivity index (χ4n) is 2.03. The van der Waals surface area contributed by atoms with Crippen LogP contribution in [-0.4, -0.2) is 40.0 Å². The van der Waals surface area contributed by atoms with E-state index in [1.165, 1.54) is 12.3 Å². The van der Waals surface area contributed by atoms with Gasteiger partial charge in [0.05, 0.1) is 13.1 Å². The van der Waals surface area contributed by atoms with Crippen molar-refractivity contribution in [3.8, 4) is 5.88 Å². The van der Waals surface area contributed by atoms with E-state index in [9.17, 15) is 9.59 Å². The van der Waals surface area contributed by atoms with Crippen molar-refractivity contribution >= 4 is 5.91 Å². The van der Waals surface area contributed by atoms with Crippen LogP contribution in [0.3, 0.4) is 0 Å². The molecule has 2 aromatic heterocycles. The zero-order valence-electron chi connectivity index (χ0n) is 10.7. The Balaban J connectivity index is 1.59. The average Bonchev–Trinajstić information content (AvgIpc) is 2.43. The van der Waals surface area contributed by atoms with Crippen LogP contribution in [-0.2, 0) is 0 Å². The SMILES string of the molecule is O=C(c1ccc[nH]c1=O)N1CC(Oc2ccccn2)C1. The Labute approximate surface area is 115 Å². The molecule has 0 bridgehead atoms. The second-order valence-electron chi connectivity index (χ2n) is 4.53. The number of hydrogen-bond acceptors (Lipinski definition) is 4. The number of amides is 1. The number of pyridine rings is 2. The number of aromatic amines is 1. The van der Waals surface area contributed by atoms with Crippen LogP contribution in [0.4, 0.5) is 0 Å². The normalized spacial score (nSPS) is 14.7. The predicted octanol–water partition coefficient (Wildman–Crippen LogP) is 0.673. The van der Waals surface area contributed by atoms with E-state index in [0.29, 0.717) is 19.0 Å². The van der Waals surface area contributed by atoms with Gasteiger partial charge in [0.2, 0.25) is 5.88 Å². The molecule has 3 rings (SSSR count). The first kappa shape index (κ1) is 12.4. The second-order valence-corrected chi connectivity index (χ2v) is 4.53. The molecule has 1 N–H and O–H groups in total. The number of carbonyl (C=O) groups excluding carboxylic acids is 1. The maximum Gasteiger partial charge on any atom is 0.260 e. The van der Waals surface area contributed by atoms with Gasteiger partial charge in [0.1, 0.15) is 11.7 Å². The highest BCUT2D eigenvalue weighted by Gasteiger charge is 2.33. The van der Waals surface area contributed by atoms with E-state index in [0.717, 1.165) is 0 Å². The summed E-state index contributed by atoms with van der Waals surface area (Å²) in [5.74, 6) is 0.273.